The number of hydrogen-bond donors (Lipinski definition) is 3. The lowest BCUT2D eigenvalue weighted by Gasteiger charge is -2.17. The summed E-state index contributed by atoms with van der Waals surface area (Å²) in [6.07, 6.45) is -5.29. The van der Waals surface area contributed by atoms with Gasteiger partial charge in [-0.05, 0) is 26.0 Å². The van der Waals surface area contributed by atoms with Gasteiger partial charge in [-0.2, -0.15) is 13.2 Å². The summed E-state index contributed by atoms with van der Waals surface area (Å²) in [5.74, 6) is -2.42. The molecule has 0 saturated carbocycles. The quantitative estimate of drug-likeness (QED) is 0.773. The number of nitrogens with one attached hydrogen (secondary N) is 1. The normalized spacial score (nSPS) is 14.4. The molecule has 0 fully saturated rings. The highest BCUT2D eigenvalue weighted by atomic mass is 19.4. The molecular weight excluding hydrogens is 331 g/mol. The van der Waals surface area contributed by atoms with E-state index in [0.29, 0.717) is 6.20 Å². The molecule has 2 aromatic heterocycles. The molecule has 2 aromatic rings. The highest BCUT2D eigenvalue weighted by Crippen LogP contribution is 2.29. The van der Waals surface area contributed by atoms with Crippen molar-refractivity contribution in [3.05, 3.63) is 35.3 Å². The summed E-state index contributed by atoms with van der Waals surface area (Å²) < 4.78 is 39.4. The zero-order chi connectivity index (χ0) is 18.2. The van der Waals surface area contributed by atoms with Crippen LogP contribution in [-0.2, 0) is 11.0 Å². The Bertz CT molecular complexity index is 798. The molecule has 0 spiro atoms. The summed E-state index contributed by atoms with van der Waals surface area (Å²) in [6.45, 7) is 2.58. The maximum Gasteiger partial charge on any atom is 0.417 e. The number of nitrogens with zero attached hydrogens (tertiary/aromatic N) is 2. The van der Waals surface area contributed by atoms with E-state index in [0.717, 1.165) is 16.5 Å². The lowest BCUT2D eigenvalue weighted by atomic mass is 10.1. The van der Waals surface area contributed by atoms with Gasteiger partial charge in [0, 0.05) is 6.20 Å². The van der Waals surface area contributed by atoms with Crippen molar-refractivity contribution in [2.45, 2.75) is 32.2 Å². The molecule has 0 bridgehead atoms. The highest BCUT2D eigenvalue weighted by molar-refractivity contribution is 5.97. The van der Waals surface area contributed by atoms with Crippen LogP contribution in [0.3, 0.4) is 0 Å². The number of carboxylic acid groups (broad SMARTS) is 1. The molecule has 0 radical (unpaired) electrons. The molecule has 2 atom stereocenters. The Labute approximate surface area is 133 Å². The van der Waals surface area contributed by atoms with E-state index in [9.17, 15) is 27.9 Å². The molecule has 0 saturated heterocycles. The fraction of sp³-hybridized carbons (Fsp3) is 0.357. The molecule has 130 valence electrons. The Morgan fingerprint density at radius 1 is 1.33 bits per heavy atom. The molecule has 10 heteroatoms. The number of alkyl halides is 3. The number of carbonyl (C=O) groups is 2. The van der Waals surface area contributed by atoms with E-state index in [1.165, 1.54) is 13.8 Å². The van der Waals surface area contributed by atoms with Crippen molar-refractivity contribution in [1.29, 1.82) is 0 Å². The van der Waals surface area contributed by atoms with Crippen LogP contribution in [0.25, 0.3) is 5.65 Å². The number of fused-ring (bicyclic) bond motifs is 1. The number of aliphatic carboxylic acids is 1. The molecule has 0 aliphatic heterocycles. The van der Waals surface area contributed by atoms with Gasteiger partial charge in [0.1, 0.15) is 11.3 Å². The number of hydrogen-bond acceptors (Lipinski definition) is 4. The largest absolute Gasteiger partial charge is 0.480 e. The molecule has 7 nitrogen and oxygen atoms in total. The zero-order valence-electron chi connectivity index (χ0n) is 12.6. The van der Waals surface area contributed by atoms with Crippen LogP contribution in [0.15, 0.2) is 18.3 Å². The van der Waals surface area contributed by atoms with Crippen LogP contribution in [0.1, 0.15) is 28.7 Å². The SMILES string of the molecule is Cc1nc2ccc(C(F)(F)F)cn2c1C(=O)NC(C(=O)O)C(C)O. The van der Waals surface area contributed by atoms with Crippen molar-refractivity contribution >= 4 is 17.5 Å². The second-order valence-corrected chi connectivity index (χ2v) is 5.22. The number of aliphatic hydroxyl groups excluding tert-OH is 1. The Balaban J connectivity index is 2.49. The third-order valence-electron chi connectivity index (χ3n) is 3.37. The van der Waals surface area contributed by atoms with Crippen LogP contribution in [0.4, 0.5) is 13.2 Å². The summed E-state index contributed by atoms with van der Waals surface area (Å²) >= 11 is 0. The number of carboxylic acids is 1. The van der Waals surface area contributed by atoms with Crippen molar-refractivity contribution in [2.75, 3.05) is 0 Å². The first kappa shape index (κ1) is 17.7. The fourth-order valence-electron chi connectivity index (χ4n) is 2.20. The van der Waals surface area contributed by atoms with E-state index < -0.39 is 35.8 Å². The van der Waals surface area contributed by atoms with E-state index >= 15 is 0 Å². The topological polar surface area (TPSA) is 104 Å². The standard InChI is InChI=1S/C14H14F3N3O4/c1-6-11(12(22)19-10(7(2)21)13(23)24)20-5-8(14(15,16)17)3-4-9(20)18-6/h3-5,7,10,21H,1-2H3,(H,19,22)(H,23,24). The van der Waals surface area contributed by atoms with Crippen molar-refractivity contribution in [1.82, 2.24) is 14.7 Å². The minimum atomic E-state index is -4.61. The van der Waals surface area contributed by atoms with Gasteiger partial charge in [0.15, 0.2) is 6.04 Å². The Kier molecular flexibility index (Phi) is 4.52. The predicted octanol–water partition coefficient (Wildman–Crippen LogP) is 1.23. The summed E-state index contributed by atoms with van der Waals surface area (Å²) in [6, 6.07) is 0.336. The number of halogens is 3. The molecule has 1 amide bonds. The van der Waals surface area contributed by atoms with E-state index in [2.05, 4.69) is 10.3 Å². The van der Waals surface area contributed by atoms with Gasteiger partial charge >= 0.3 is 12.1 Å². The number of aryl methyl sites for hydroxylation is 1. The minimum Gasteiger partial charge on any atom is -0.480 e. The van der Waals surface area contributed by atoms with Gasteiger partial charge in [0.05, 0.1) is 17.4 Å². The van der Waals surface area contributed by atoms with Crippen LogP contribution in [-0.4, -0.2) is 43.6 Å². The van der Waals surface area contributed by atoms with Gasteiger partial charge in [0.2, 0.25) is 0 Å². The molecule has 0 aromatic carbocycles. The average Bonchev–Trinajstić information content (AvgIpc) is 2.77. The Morgan fingerprint density at radius 3 is 2.46 bits per heavy atom. The van der Waals surface area contributed by atoms with Gasteiger partial charge in [-0.15, -0.1) is 0 Å². The summed E-state index contributed by atoms with van der Waals surface area (Å²) in [5.41, 5.74) is -0.981. The van der Waals surface area contributed by atoms with E-state index in [1.807, 2.05) is 0 Å². The first-order valence-electron chi connectivity index (χ1n) is 6.80. The van der Waals surface area contributed by atoms with Crippen LogP contribution in [0.5, 0.6) is 0 Å². The van der Waals surface area contributed by atoms with Gasteiger partial charge < -0.3 is 15.5 Å². The average molecular weight is 345 g/mol. The zero-order valence-corrected chi connectivity index (χ0v) is 12.6. The van der Waals surface area contributed by atoms with Crippen LogP contribution in [0, 0.1) is 6.92 Å². The Hall–Kier alpha value is -2.62. The predicted molar refractivity (Wildman–Crippen MR) is 75.5 cm³/mol. The molecule has 2 rings (SSSR count). The van der Waals surface area contributed by atoms with Crippen LogP contribution in [0.2, 0.25) is 0 Å². The minimum absolute atomic E-state index is 0.106. The smallest absolute Gasteiger partial charge is 0.417 e. The second-order valence-electron chi connectivity index (χ2n) is 5.22. The number of imidazole rings is 1. The summed E-state index contributed by atoms with van der Waals surface area (Å²) in [7, 11) is 0. The van der Waals surface area contributed by atoms with Gasteiger partial charge in [-0.3, -0.25) is 9.20 Å². The molecule has 3 N–H and O–H groups in total. The molecule has 0 aliphatic rings. The number of rotatable bonds is 4. The molecule has 24 heavy (non-hydrogen) atoms. The molecule has 2 unspecified atom stereocenters. The maximum absolute atomic E-state index is 12.8. The summed E-state index contributed by atoms with van der Waals surface area (Å²) in [4.78, 5) is 27.3. The summed E-state index contributed by atoms with van der Waals surface area (Å²) in [5, 5.41) is 20.5. The third-order valence-corrected chi connectivity index (χ3v) is 3.37. The molecular formula is C14H14F3N3O4. The number of amides is 1. The van der Waals surface area contributed by atoms with Gasteiger partial charge in [0.25, 0.3) is 5.91 Å². The second kappa shape index (κ2) is 6.11. The van der Waals surface area contributed by atoms with Gasteiger partial charge in [-0.1, -0.05) is 0 Å². The van der Waals surface area contributed by atoms with E-state index in [4.69, 9.17) is 5.11 Å². The number of aromatic nitrogens is 2. The van der Waals surface area contributed by atoms with Crippen molar-refractivity contribution in [3.8, 4) is 0 Å². The van der Waals surface area contributed by atoms with Crippen molar-refractivity contribution in [2.24, 2.45) is 0 Å². The van der Waals surface area contributed by atoms with Gasteiger partial charge in [-0.25, -0.2) is 9.78 Å². The maximum atomic E-state index is 12.8. The number of carbonyl (C=O) groups excluding carboxylic acids is 1. The molecule has 0 aliphatic carbocycles. The number of aliphatic hydroxyl groups is 1. The van der Waals surface area contributed by atoms with E-state index in [1.54, 1.807) is 0 Å². The van der Waals surface area contributed by atoms with Crippen LogP contribution < -0.4 is 5.32 Å². The fourth-order valence-corrected chi connectivity index (χ4v) is 2.20. The third kappa shape index (κ3) is 3.32. The monoisotopic (exact) mass is 345 g/mol. The number of pyridine rings is 1. The van der Waals surface area contributed by atoms with E-state index in [-0.39, 0.29) is 17.0 Å². The lowest BCUT2D eigenvalue weighted by molar-refractivity contribution is -0.142. The Morgan fingerprint density at radius 2 is 1.96 bits per heavy atom. The van der Waals surface area contributed by atoms with Crippen LogP contribution >= 0.6 is 0 Å². The molecule has 2 heterocycles. The first-order chi connectivity index (χ1) is 11.0. The lowest BCUT2D eigenvalue weighted by Crippen LogP contribution is -2.48. The first-order valence-corrected chi connectivity index (χ1v) is 6.80. The van der Waals surface area contributed by atoms with Crippen molar-refractivity contribution in [3.63, 3.8) is 0 Å². The highest BCUT2D eigenvalue weighted by Gasteiger charge is 2.32. The van der Waals surface area contributed by atoms with Crippen molar-refractivity contribution < 1.29 is 33.0 Å².